The van der Waals surface area contributed by atoms with Gasteiger partial charge in [0.1, 0.15) is 0 Å². The van der Waals surface area contributed by atoms with Crippen LogP contribution in [0, 0.1) is 0 Å². The van der Waals surface area contributed by atoms with Gasteiger partial charge < -0.3 is 4.74 Å². The summed E-state index contributed by atoms with van der Waals surface area (Å²) in [5.74, 6) is 0.208. The van der Waals surface area contributed by atoms with Crippen LogP contribution in [-0.4, -0.2) is 5.97 Å². The van der Waals surface area contributed by atoms with Gasteiger partial charge in [-0.15, -0.1) is 0 Å². The lowest BCUT2D eigenvalue weighted by molar-refractivity contribution is -0.133. The molecule has 0 spiro atoms. The third-order valence-electron chi connectivity index (χ3n) is 3.38. The molecular formula is C18H19ClO2. The van der Waals surface area contributed by atoms with Gasteiger partial charge in [-0.3, -0.25) is 4.79 Å². The topological polar surface area (TPSA) is 26.3 Å². The lowest BCUT2D eigenvalue weighted by atomic mass is 10.1. The van der Waals surface area contributed by atoms with E-state index in [1.807, 2.05) is 43.3 Å². The summed E-state index contributed by atoms with van der Waals surface area (Å²) < 4.78 is 5.50. The maximum atomic E-state index is 12.1. The van der Waals surface area contributed by atoms with Gasteiger partial charge in [-0.2, -0.15) is 0 Å². The number of hydrogen-bond acceptors (Lipinski definition) is 2. The third kappa shape index (κ3) is 4.08. The standard InChI is InChI=1S/C18H19ClO2/c1-3-13-10-15(4-2)18(16(19)11-13)21-17(20)12-14-8-6-5-7-9-14/h5-11H,3-4,12H2,1-2H3. The zero-order valence-corrected chi connectivity index (χ0v) is 13.1. The Morgan fingerprint density at radius 3 is 2.38 bits per heavy atom. The summed E-state index contributed by atoms with van der Waals surface area (Å²) in [6, 6.07) is 13.5. The Labute approximate surface area is 130 Å². The predicted molar refractivity (Wildman–Crippen MR) is 86.0 cm³/mol. The molecule has 21 heavy (non-hydrogen) atoms. The molecule has 2 nitrogen and oxygen atoms in total. The van der Waals surface area contributed by atoms with Crippen LogP contribution >= 0.6 is 11.6 Å². The fourth-order valence-electron chi connectivity index (χ4n) is 2.21. The molecule has 0 fully saturated rings. The molecule has 0 bridgehead atoms. The Hall–Kier alpha value is -1.80. The highest BCUT2D eigenvalue weighted by molar-refractivity contribution is 6.32. The second-order valence-corrected chi connectivity index (χ2v) is 5.32. The summed E-state index contributed by atoms with van der Waals surface area (Å²) in [5.41, 5.74) is 3.06. The van der Waals surface area contributed by atoms with Crippen LogP contribution in [0.1, 0.15) is 30.5 Å². The van der Waals surface area contributed by atoms with E-state index in [1.54, 1.807) is 0 Å². The quantitative estimate of drug-likeness (QED) is 0.595. The predicted octanol–water partition coefficient (Wildman–Crippen LogP) is 4.61. The second-order valence-electron chi connectivity index (χ2n) is 4.91. The Morgan fingerprint density at radius 2 is 1.76 bits per heavy atom. The summed E-state index contributed by atoms with van der Waals surface area (Å²) in [7, 11) is 0. The molecule has 0 aliphatic rings. The van der Waals surface area contributed by atoms with Gasteiger partial charge in [0.25, 0.3) is 0 Å². The minimum absolute atomic E-state index is 0.246. The Bertz CT molecular complexity index is 621. The molecule has 0 atom stereocenters. The highest BCUT2D eigenvalue weighted by Crippen LogP contribution is 2.31. The summed E-state index contributed by atoms with van der Waals surface area (Å²) in [6.07, 6.45) is 1.93. The highest BCUT2D eigenvalue weighted by Gasteiger charge is 2.14. The Balaban J connectivity index is 2.17. The molecule has 2 aromatic rings. The SMILES string of the molecule is CCc1cc(Cl)c(OC(=O)Cc2ccccc2)c(CC)c1. The van der Waals surface area contributed by atoms with Gasteiger partial charge in [-0.05, 0) is 35.6 Å². The number of carbonyl (C=O) groups is 1. The molecular weight excluding hydrogens is 284 g/mol. The molecule has 0 aliphatic carbocycles. The summed E-state index contributed by atoms with van der Waals surface area (Å²) >= 11 is 6.26. The van der Waals surface area contributed by atoms with Crippen molar-refractivity contribution >= 4 is 17.6 Å². The van der Waals surface area contributed by atoms with Crippen LogP contribution in [0.4, 0.5) is 0 Å². The number of hydrogen-bond donors (Lipinski definition) is 0. The van der Waals surface area contributed by atoms with Gasteiger partial charge in [0.15, 0.2) is 5.75 Å². The summed E-state index contributed by atoms with van der Waals surface area (Å²) in [5, 5.41) is 0.507. The van der Waals surface area contributed by atoms with Crippen molar-refractivity contribution in [3.05, 3.63) is 64.2 Å². The van der Waals surface area contributed by atoms with Gasteiger partial charge in [-0.1, -0.05) is 61.8 Å². The van der Waals surface area contributed by atoms with E-state index in [9.17, 15) is 4.79 Å². The van der Waals surface area contributed by atoms with Crippen LogP contribution in [0.5, 0.6) is 5.75 Å². The van der Waals surface area contributed by atoms with Crippen LogP contribution in [-0.2, 0) is 24.1 Å². The maximum absolute atomic E-state index is 12.1. The molecule has 2 aromatic carbocycles. The molecule has 0 radical (unpaired) electrons. The lowest BCUT2D eigenvalue weighted by Crippen LogP contribution is -2.13. The van der Waals surface area contributed by atoms with E-state index < -0.39 is 0 Å². The molecule has 0 aliphatic heterocycles. The average molecular weight is 303 g/mol. The van der Waals surface area contributed by atoms with E-state index >= 15 is 0 Å². The first-order valence-electron chi connectivity index (χ1n) is 7.20. The van der Waals surface area contributed by atoms with Crippen molar-refractivity contribution in [1.82, 2.24) is 0 Å². The Morgan fingerprint density at radius 1 is 1.05 bits per heavy atom. The van der Waals surface area contributed by atoms with Crippen LogP contribution in [0.2, 0.25) is 5.02 Å². The van der Waals surface area contributed by atoms with E-state index in [0.717, 1.165) is 29.5 Å². The molecule has 3 heteroatoms. The van der Waals surface area contributed by atoms with Crippen molar-refractivity contribution in [2.24, 2.45) is 0 Å². The molecule has 2 rings (SSSR count). The van der Waals surface area contributed by atoms with Gasteiger partial charge in [0.2, 0.25) is 0 Å². The molecule has 0 amide bonds. The molecule has 110 valence electrons. The monoisotopic (exact) mass is 302 g/mol. The van der Waals surface area contributed by atoms with Crippen LogP contribution < -0.4 is 4.74 Å². The van der Waals surface area contributed by atoms with Crippen molar-refractivity contribution in [3.8, 4) is 5.75 Å². The number of esters is 1. The zero-order valence-electron chi connectivity index (χ0n) is 12.4. The normalized spacial score (nSPS) is 10.4. The van der Waals surface area contributed by atoms with E-state index in [2.05, 4.69) is 13.0 Å². The summed E-state index contributed by atoms with van der Waals surface area (Å²) in [6.45, 7) is 4.10. The van der Waals surface area contributed by atoms with Gasteiger partial charge in [-0.25, -0.2) is 0 Å². The zero-order chi connectivity index (χ0) is 15.2. The van der Waals surface area contributed by atoms with Crippen LogP contribution in [0.25, 0.3) is 0 Å². The number of ether oxygens (including phenoxy) is 1. The molecule has 0 aromatic heterocycles. The van der Waals surface area contributed by atoms with E-state index in [4.69, 9.17) is 16.3 Å². The van der Waals surface area contributed by atoms with E-state index in [-0.39, 0.29) is 12.4 Å². The van der Waals surface area contributed by atoms with Crippen molar-refractivity contribution in [3.63, 3.8) is 0 Å². The van der Waals surface area contributed by atoms with E-state index in [1.165, 1.54) is 0 Å². The first-order chi connectivity index (χ1) is 10.1. The van der Waals surface area contributed by atoms with Gasteiger partial charge in [0.05, 0.1) is 11.4 Å². The van der Waals surface area contributed by atoms with Crippen molar-refractivity contribution in [2.75, 3.05) is 0 Å². The first-order valence-corrected chi connectivity index (χ1v) is 7.57. The third-order valence-corrected chi connectivity index (χ3v) is 3.66. The van der Waals surface area contributed by atoms with E-state index in [0.29, 0.717) is 10.8 Å². The number of benzene rings is 2. The second kappa shape index (κ2) is 7.28. The number of rotatable bonds is 5. The average Bonchev–Trinajstić information content (AvgIpc) is 2.50. The minimum Gasteiger partial charge on any atom is -0.424 e. The largest absolute Gasteiger partial charge is 0.424 e. The van der Waals surface area contributed by atoms with Gasteiger partial charge in [0, 0.05) is 0 Å². The Kier molecular flexibility index (Phi) is 5.40. The fraction of sp³-hybridized carbons (Fsp3) is 0.278. The molecule has 0 unspecified atom stereocenters. The molecule has 0 heterocycles. The summed E-state index contributed by atoms with van der Waals surface area (Å²) in [4.78, 5) is 12.1. The highest BCUT2D eigenvalue weighted by atomic mass is 35.5. The van der Waals surface area contributed by atoms with Crippen molar-refractivity contribution < 1.29 is 9.53 Å². The van der Waals surface area contributed by atoms with Gasteiger partial charge >= 0.3 is 5.97 Å². The van der Waals surface area contributed by atoms with Crippen LogP contribution in [0.3, 0.4) is 0 Å². The molecule has 0 saturated heterocycles. The van der Waals surface area contributed by atoms with Crippen molar-refractivity contribution in [1.29, 1.82) is 0 Å². The first kappa shape index (κ1) is 15.6. The number of halogens is 1. The molecule has 0 N–H and O–H groups in total. The van der Waals surface area contributed by atoms with Crippen molar-refractivity contribution in [2.45, 2.75) is 33.1 Å². The van der Waals surface area contributed by atoms with Crippen LogP contribution in [0.15, 0.2) is 42.5 Å². The smallest absolute Gasteiger partial charge is 0.315 e. The number of aryl methyl sites for hydroxylation is 2. The molecule has 0 saturated carbocycles. The maximum Gasteiger partial charge on any atom is 0.315 e. The fourth-order valence-corrected chi connectivity index (χ4v) is 2.51. The number of carbonyl (C=O) groups excluding carboxylic acids is 1. The lowest BCUT2D eigenvalue weighted by Gasteiger charge is -2.12. The minimum atomic E-state index is -0.290.